The van der Waals surface area contributed by atoms with Gasteiger partial charge in [0.2, 0.25) is 0 Å². The standard InChI is InChI=1S/C12H15ClN2O4/c1-2-3-4-5-14-11-9(12(16)17)6-8(15(18)19)7-10(11)13/h6-7,14H,2-5H2,1H3,(H,16,17). The van der Waals surface area contributed by atoms with E-state index in [0.717, 1.165) is 31.4 Å². The van der Waals surface area contributed by atoms with E-state index in [1.807, 2.05) is 0 Å². The van der Waals surface area contributed by atoms with Crippen molar-refractivity contribution in [2.45, 2.75) is 26.2 Å². The third-order valence-corrected chi connectivity index (χ3v) is 2.90. The number of carboxylic acid groups (broad SMARTS) is 1. The van der Waals surface area contributed by atoms with E-state index in [4.69, 9.17) is 16.7 Å². The van der Waals surface area contributed by atoms with Crippen molar-refractivity contribution in [3.05, 3.63) is 32.8 Å². The van der Waals surface area contributed by atoms with Gasteiger partial charge >= 0.3 is 5.97 Å². The van der Waals surface area contributed by atoms with Crippen molar-refractivity contribution in [2.24, 2.45) is 0 Å². The van der Waals surface area contributed by atoms with Gasteiger partial charge in [0.15, 0.2) is 0 Å². The summed E-state index contributed by atoms with van der Waals surface area (Å²) in [5, 5.41) is 22.7. The van der Waals surface area contributed by atoms with Gasteiger partial charge in [0, 0.05) is 18.7 Å². The number of unbranched alkanes of at least 4 members (excludes halogenated alkanes) is 2. The molecule has 0 heterocycles. The number of nitro benzene ring substituents is 1. The predicted molar refractivity (Wildman–Crippen MR) is 73.1 cm³/mol. The van der Waals surface area contributed by atoms with Gasteiger partial charge in [0.1, 0.15) is 0 Å². The maximum atomic E-state index is 11.1. The van der Waals surface area contributed by atoms with Crippen LogP contribution >= 0.6 is 11.6 Å². The summed E-state index contributed by atoms with van der Waals surface area (Å²) in [4.78, 5) is 21.1. The lowest BCUT2D eigenvalue weighted by Crippen LogP contribution is -2.09. The molecule has 0 saturated carbocycles. The van der Waals surface area contributed by atoms with Gasteiger partial charge in [-0.25, -0.2) is 4.79 Å². The second kappa shape index (κ2) is 6.94. The molecule has 0 aromatic heterocycles. The van der Waals surface area contributed by atoms with Crippen LogP contribution < -0.4 is 5.32 Å². The van der Waals surface area contributed by atoms with Gasteiger partial charge < -0.3 is 10.4 Å². The zero-order valence-electron chi connectivity index (χ0n) is 10.5. The molecule has 0 aliphatic carbocycles. The normalized spacial score (nSPS) is 10.2. The second-order valence-corrected chi connectivity index (χ2v) is 4.45. The Morgan fingerprint density at radius 3 is 2.68 bits per heavy atom. The first-order valence-corrected chi connectivity index (χ1v) is 6.30. The van der Waals surface area contributed by atoms with Crippen molar-refractivity contribution < 1.29 is 14.8 Å². The maximum absolute atomic E-state index is 11.1. The van der Waals surface area contributed by atoms with E-state index in [0.29, 0.717) is 6.54 Å². The Balaban J connectivity index is 3.01. The number of carboxylic acids is 1. The number of nitrogens with one attached hydrogen (secondary N) is 1. The molecule has 0 radical (unpaired) electrons. The first kappa shape index (κ1) is 15.2. The SMILES string of the molecule is CCCCCNc1c(Cl)cc([N+](=O)[O-])cc1C(=O)O. The summed E-state index contributed by atoms with van der Waals surface area (Å²) >= 11 is 5.91. The summed E-state index contributed by atoms with van der Waals surface area (Å²) in [5.41, 5.74) is -0.284. The molecule has 2 N–H and O–H groups in total. The van der Waals surface area contributed by atoms with Crippen LogP contribution in [0.5, 0.6) is 0 Å². The largest absolute Gasteiger partial charge is 0.478 e. The Kier molecular flexibility index (Phi) is 5.57. The summed E-state index contributed by atoms with van der Waals surface area (Å²) < 4.78 is 0. The molecule has 0 unspecified atom stereocenters. The van der Waals surface area contributed by atoms with Gasteiger partial charge in [-0.1, -0.05) is 31.4 Å². The number of halogens is 1. The topological polar surface area (TPSA) is 92.5 Å². The molecular weight excluding hydrogens is 272 g/mol. The van der Waals surface area contributed by atoms with Crippen LogP contribution in [0.2, 0.25) is 5.02 Å². The van der Waals surface area contributed by atoms with Crippen molar-refractivity contribution in [3.8, 4) is 0 Å². The summed E-state index contributed by atoms with van der Waals surface area (Å²) in [7, 11) is 0. The van der Waals surface area contributed by atoms with Crippen LogP contribution in [0.1, 0.15) is 36.5 Å². The minimum Gasteiger partial charge on any atom is -0.478 e. The van der Waals surface area contributed by atoms with Crippen LogP contribution in [0.3, 0.4) is 0 Å². The van der Waals surface area contributed by atoms with Gasteiger partial charge in [0.25, 0.3) is 5.69 Å². The highest BCUT2D eigenvalue weighted by Gasteiger charge is 2.19. The van der Waals surface area contributed by atoms with Crippen molar-refractivity contribution in [2.75, 3.05) is 11.9 Å². The van der Waals surface area contributed by atoms with Gasteiger partial charge in [0.05, 0.1) is 21.2 Å². The van der Waals surface area contributed by atoms with E-state index in [2.05, 4.69) is 12.2 Å². The summed E-state index contributed by atoms with van der Waals surface area (Å²) in [6.45, 7) is 2.63. The smallest absolute Gasteiger partial charge is 0.338 e. The molecule has 1 aromatic rings. The summed E-state index contributed by atoms with van der Waals surface area (Å²) in [6, 6.07) is 2.16. The Labute approximate surface area is 115 Å². The number of aromatic carboxylic acids is 1. The molecule has 104 valence electrons. The number of rotatable bonds is 7. The fourth-order valence-electron chi connectivity index (χ4n) is 1.63. The molecule has 0 atom stereocenters. The molecule has 0 amide bonds. The Bertz CT molecular complexity index is 491. The van der Waals surface area contributed by atoms with Crippen LogP contribution in [-0.2, 0) is 0 Å². The number of anilines is 1. The predicted octanol–water partition coefficient (Wildman–Crippen LogP) is 3.55. The van der Waals surface area contributed by atoms with Crippen molar-refractivity contribution in [1.82, 2.24) is 0 Å². The lowest BCUT2D eigenvalue weighted by Gasteiger charge is -2.11. The van der Waals surface area contributed by atoms with E-state index in [1.54, 1.807) is 0 Å². The molecule has 7 heteroatoms. The molecule has 19 heavy (non-hydrogen) atoms. The first-order chi connectivity index (χ1) is 8.97. The fourth-order valence-corrected chi connectivity index (χ4v) is 1.91. The van der Waals surface area contributed by atoms with E-state index in [-0.39, 0.29) is 22.0 Å². The minimum absolute atomic E-state index is 0.0445. The van der Waals surface area contributed by atoms with Crippen LogP contribution in [-0.4, -0.2) is 22.5 Å². The molecule has 0 fully saturated rings. The quantitative estimate of drug-likeness (QED) is 0.454. The zero-order chi connectivity index (χ0) is 14.4. The lowest BCUT2D eigenvalue weighted by atomic mass is 10.1. The molecule has 0 aliphatic heterocycles. The van der Waals surface area contributed by atoms with E-state index in [1.165, 1.54) is 0 Å². The Hall–Kier alpha value is -1.82. The van der Waals surface area contributed by atoms with E-state index in [9.17, 15) is 14.9 Å². The number of nitrogens with zero attached hydrogens (tertiary/aromatic N) is 1. The van der Waals surface area contributed by atoms with Crippen molar-refractivity contribution >= 4 is 28.9 Å². The number of non-ortho nitro benzene ring substituents is 1. The number of hydrogen-bond donors (Lipinski definition) is 2. The third-order valence-electron chi connectivity index (χ3n) is 2.60. The van der Waals surface area contributed by atoms with Gasteiger partial charge in [-0.3, -0.25) is 10.1 Å². The molecule has 1 rings (SSSR count). The maximum Gasteiger partial charge on any atom is 0.338 e. The fraction of sp³-hybridized carbons (Fsp3) is 0.417. The summed E-state index contributed by atoms with van der Waals surface area (Å²) in [5.74, 6) is -1.25. The van der Waals surface area contributed by atoms with Crippen LogP contribution in [0.25, 0.3) is 0 Å². The molecular formula is C12H15ClN2O4. The lowest BCUT2D eigenvalue weighted by molar-refractivity contribution is -0.384. The third kappa shape index (κ3) is 4.10. The van der Waals surface area contributed by atoms with Crippen molar-refractivity contribution in [3.63, 3.8) is 0 Å². The highest BCUT2D eigenvalue weighted by Crippen LogP contribution is 2.31. The summed E-state index contributed by atoms with van der Waals surface area (Å²) in [6.07, 6.45) is 2.93. The van der Waals surface area contributed by atoms with Crippen LogP contribution in [0, 0.1) is 10.1 Å². The molecule has 0 aliphatic rings. The molecule has 1 aromatic carbocycles. The minimum atomic E-state index is -1.25. The second-order valence-electron chi connectivity index (χ2n) is 4.05. The van der Waals surface area contributed by atoms with E-state index < -0.39 is 10.9 Å². The molecule has 6 nitrogen and oxygen atoms in total. The van der Waals surface area contributed by atoms with Crippen LogP contribution in [0.4, 0.5) is 11.4 Å². The number of hydrogen-bond acceptors (Lipinski definition) is 4. The Morgan fingerprint density at radius 2 is 2.16 bits per heavy atom. The first-order valence-electron chi connectivity index (χ1n) is 5.92. The number of benzene rings is 1. The van der Waals surface area contributed by atoms with Crippen molar-refractivity contribution in [1.29, 1.82) is 0 Å². The van der Waals surface area contributed by atoms with Crippen LogP contribution in [0.15, 0.2) is 12.1 Å². The van der Waals surface area contributed by atoms with Gasteiger partial charge in [-0.2, -0.15) is 0 Å². The monoisotopic (exact) mass is 286 g/mol. The molecule has 0 bridgehead atoms. The Morgan fingerprint density at radius 1 is 1.47 bits per heavy atom. The van der Waals surface area contributed by atoms with E-state index >= 15 is 0 Å². The average molecular weight is 287 g/mol. The average Bonchev–Trinajstić information content (AvgIpc) is 2.35. The highest BCUT2D eigenvalue weighted by molar-refractivity contribution is 6.34. The highest BCUT2D eigenvalue weighted by atomic mass is 35.5. The molecule has 0 saturated heterocycles. The molecule has 0 spiro atoms. The zero-order valence-corrected chi connectivity index (χ0v) is 11.2. The number of nitro groups is 1. The van der Waals surface area contributed by atoms with Gasteiger partial charge in [-0.05, 0) is 6.42 Å². The van der Waals surface area contributed by atoms with Gasteiger partial charge in [-0.15, -0.1) is 0 Å². The number of carbonyl (C=O) groups is 1.